The molecule has 30 heavy (non-hydrogen) atoms. The lowest BCUT2D eigenvalue weighted by atomic mass is 9.47. The summed E-state index contributed by atoms with van der Waals surface area (Å²) in [4.78, 5) is 27.8. The lowest BCUT2D eigenvalue weighted by molar-refractivity contribution is -0.184. The number of hydrogen-bond acceptors (Lipinski definition) is 6. The first-order chi connectivity index (χ1) is 14.4. The smallest absolute Gasteiger partial charge is 0.306 e. The predicted molar refractivity (Wildman–Crippen MR) is 110 cm³/mol. The lowest BCUT2D eigenvalue weighted by Gasteiger charge is -2.64. The molecule has 0 amide bonds. The number of phenolic OH excluding ortho intramolecular Hbond substituents is 1. The van der Waals surface area contributed by atoms with E-state index in [0.29, 0.717) is 25.4 Å². The van der Waals surface area contributed by atoms with Gasteiger partial charge in [0.15, 0.2) is 0 Å². The Balaban J connectivity index is 1.55. The number of esters is 1. The van der Waals surface area contributed by atoms with Gasteiger partial charge in [0, 0.05) is 30.3 Å². The van der Waals surface area contributed by atoms with E-state index in [1.165, 1.54) is 12.8 Å². The van der Waals surface area contributed by atoms with Crippen LogP contribution in [0.15, 0.2) is 18.2 Å². The molecule has 0 radical (unpaired) electrons. The molecule has 2 N–H and O–H groups in total. The molecule has 1 aromatic carbocycles. The molecule has 1 aliphatic heterocycles. The number of hydrogen-bond donors (Lipinski definition) is 2. The van der Waals surface area contributed by atoms with Crippen molar-refractivity contribution < 1.29 is 24.5 Å². The van der Waals surface area contributed by atoms with Crippen molar-refractivity contribution in [2.45, 2.75) is 68.9 Å². The van der Waals surface area contributed by atoms with Gasteiger partial charge in [-0.2, -0.15) is 0 Å². The fraction of sp³-hybridized carbons (Fsp3) is 0.667. The van der Waals surface area contributed by atoms with Gasteiger partial charge in [0.05, 0.1) is 18.6 Å². The van der Waals surface area contributed by atoms with Crippen LogP contribution in [0.5, 0.6) is 5.75 Å². The Labute approximate surface area is 177 Å². The van der Waals surface area contributed by atoms with Crippen molar-refractivity contribution >= 4 is 11.8 Å². The number of piperidine rings is 1. The summed E-state index contributed by atoms with van der Waals surface area (Å²) in [5.74, 6) is 0.0280. The number of carbonyl (C=O) groups is 2. The Morgan fingerprint density at radius 2 is 2.13 bits per heavy atom. The topological polar surface area (TPSA) is 87.1 Å². The largest absolute Gasteiger partial charge is 0.508 e. The minimum Gasteiger partial charge on any atom is -0.508 e. The van der Waals surface area contributed by atoms with Gasteiger partial charge in [0.2, 0.25) is 0 Å². The summed E-state index contributed by atoms with van der Waals surface area (Å²) in [7, 11) is 0. The van der Waals surface area contributed by atoms with Crippen LogP contribution in [0.1, 0.15) is 56.6 Å². The van der Waals surface area contributed by atoms with Crippen LogP contribution in [-0.4, -0.2) is 58.2 Å². The lowest BCUT2D eigenvalue weighted by Crippen LogP contribution is -2.74. The van der Waals surface area contributed by atoms with Crippen molar-refractivity contribution in [3.05, 3.63) is 29.3 Å². The summed E-state index contributed by atoms with van der Waals surface area (Å²) in [5, 5.41) is 22.5. The SMILES string of the molecule is CCOC(=O)C[C@H]1C[C@@]2(O)[C@H]3Cc4ccc(O)cc4[C@@]2(CCN3CC2CC2)CC1=O. The second-order valence-corrected chi connectivity index (χ2v) is 9.81. The number of carbonyl (C=O) groups excluding carboxylic acids is 2. The zero-order valence-electron chi connectivity index (χ0n) is 17.6. The molecule has 4 atom stereocenters. The molecule has 4 aliphatic rings. The average Bonchev–Trinajstić information content (AvgIpc) is 3.50. The monoisotopic (exact) mass is 413 g/mol. The zero-order chi connectivity index (χ0) is 21.1. The fourth-order valence-electron chi connectivity index (χ4n) is 6.45. The van der Waals surface area contributed by atoms with Gasteiger partial charge in [-0.3, -0.25) is 14.5 Å². The first-order valence-electron chi connectivity index (χ1n) is 11.3. The number of phenols is 1. The van der Waals surface area contributed by atoms with Gasteiger partial charge in [-0.25, -0.2) is 0 Å². The molecule has 3 fully saturated rings. The van der Waals surface area contributed by atoms with Gasteiger partial charge in [-0.05, 0) is 74.8 Å². The van der Waals surface area contributed by atoms with E-state index >= 15 is 0 Å². The van der Waals surface area contributed by atoms with Crippen molar-refractivity contribution in [1.29, 1.82) is 0 Å². The molecule has 1 saturated heterocycles. The Kier molecular flexibility index (Phi) is 4.71. The van der Waals surface area contributed by atoms with Gasteiger partial charge in [0.25, 0.3) is 0 Å². The quantitative estimate of drug-likeness (QED) is 0.721. The van der Waals surface area contributed by atoms with Crippen LogP contribution in [0.25, 0.3) is 0 Å². The van der Waals surface area contributed by atoms with Crippen LogP contribution in [0.4, 0.5) is 0 Å². The second kappa shape index (κ2) is 7.06. The van der Waals surface area contributed by atoms with Crippen LogP contribution in [-0.2, 0) is 26.2 Å². The second-order valence-electron chi connectivity index (χ2n) is 9.81. The number of aromatic hydroxyl groups is 1. The van der Waals surface area contributed by atoms with Crippen LogP contribution >= 0.6 is 0 Å². The number of ether oxygens (including phenoxy) is 1. The highest BCUT2D eigenvalue weighted by Crippen LogP contribution is 2.59. The summed E-state index contributed by atoms with van der Waals surface area (Å²) >= 11 is 0. The van der Waals surface area contributed by atoms with E-state index in [4.69, 9.17) is 4.74 Å². The number of benzene rings is 1. The molecule has 0 spiro atoms. The molecule has 1 heterocycles. The number of nitrogens with zero attached hydrogens (tertiary/aromatic N) is 1. The minimum absolute atomic E-state index is 0.0262. The van der Waals surface area contributed by atoms with Crippen molar-refractivity contribution in [2.75, 3.05) is 19.7 Å². The van der Waals surface area contributed by atoms with E-state index in [1.54, 1.807) is 19.1 Å². The summed E-state index contributed by atoms with van der Waals surface area (Å²) < 4.78 is 5.09. The Hall–Kier alpha value is -1.92. The van der Waals surface area contributed by atoms with E-state index in [2.05, 4.69) is 4.90 Å². The van der Waals surface area contributed by atoms with Crippen molar-refractivity contribution in [2.24, 2.45) is 11.8 Å². The Morgan fingerprint density at radius 1 is 1.33 bits per heavy atom. The van der Waals surface area contributed by atoms with Gasteiger partial charge < -0.3 is 14.9 Å². The summed E-state index contributed by atoms with van der Waals surface area (Å²) in [6, 6.07) is 5.34. The van der Waals surface area contributed by atoms with E-state index in [1.807, 2.05) is 6.07 Å². The maximum atomic E-state index is 13.2. The number of ketones is 1. The van der Waals surface area contributed by atoms with E-state index in [-0.39, 0.29) is 42.8 Å². The summed E-state index contributed by atoms with van der Waals surface area (Å²) in [5.41, 5.74) is 0.271. The highest BCUT2D eigenvalue weighted by atomic mass is 16.5. The molecular weight excluding hydrogens is 382 g/mol. The number of Topliss-reactive ketones (excluding diaryl/α,β-unsaturated/α-hetero) is 1. The fourth-order valence-corrected chi connectivity index (χ4v) is 6.45. The highest BCUT2D eigenvalue weighted by Gasteiger charge is 2.66. The minimum atomic E-state index is -1.09. The molecule has 1 aromatic rings. The maximum absolute atomic E-state index is 13.2. The summed E-state index contributed by atoms with van der Waals surface area (Å²) in [6.07, 6.45) is 4.45. The number of aliphatic hydroxyl groups is 1. The van der Waals surface area contributed by atoms with Gasteiger partial charge in [-0.15, -0.1) is 0 Å². The molecule has 0 unspecified atom stereocenters. The van der Waals surface area contributed by atoms with Crippen molar-refractivity contribution in [3.8, 4) is 5.75 Å². The predicted octanol–water partition coefficient (Wildman–Crippen LogP) is 2.33. The van der Waals surface area contributed by atoms with Crippen LogP contribution < -0.4 is 0 Å². The third-order valence-corrected chi connectivity index (χ3v) is 8.07. The molecule has 0 aromatic heterocycles. The van der Waals surface area contributed by atoms with Crippen LogP contribution in [0, 0.1) is 11.8 Å². The normalized spacial score (nSPS) is 35.5. The standard InChI is InChI=1S/C24H31NO5/c1-2-30-22(28)10-17-12-24(29)21-9-16-5-6-18(26)11-19(16)23(24,13-20(17)27)7-8-25(21)14-15-3-4-15/h5-6,11,15,17,21,26,29H,2-4,7-10,12-14H2,1H3/t17-,21+,23+,24+/m0/s1. The maximum Gasteiger partial charge on any atom is 0.306 e. The third-order valence-electron chi connectivity index (χ3n) is 8.07. The van der Waals surface area contributed by atoms with Gasteiger partial charge in [0.1, 0.15) is 11.5 Å². The van der Waals surface area contributed by atoms with E-state index in [0.717, 1.165) is 24.2 Å². The molecule has 2 bridgehead atoms. The number of likely N-dealkylation sites (tertiary alicyclic amines) is 1. The third kappa shape index (κ3) is 2.99. The zero-order valence-corrected chi connectivity index (χ0v) is 17.6. The molecule has 3 aliphatic carbocycles. The molecule has 162 valence electrons. The van der Waals surface area contributed by atoms with Crippen LogP contribution in [0.2, 0.25) is 0 Å². The van der Waals surface area contributed by atoms with E-state index < -0.39 is 16.9 Å². The highest BCUT2D eigenvalue weighted by molar-refractivity contribution is 5.88. The average molecular weight is 414 g/mol. The molecule has 5 rings (SSSR count). The van der Waals surface area contributed by atoms with E-state index in [9.17, 15) is 19.8 Å². The first kappa shape index (κ1) is 20.0. The van der Waals surface area contributed by atoms with Gasteiger partial charge in [-0.1, -0.05) is 6.07 Å². The molecule has 6 heteroatoms. The summed E-state index contributed by atoms with van der Waals surface area (Å²) in [6.45, 7) is 3.90. The van der Waals surface area contributed by atoms with Gasteiger partial charge >= 0.3 is 5.97 Å². The molecule has 2 saturated carbocycles. The van der Waals surface area contributed by atoms with Crippen molar-refractivity contribution in [3.63, 3.8) is 0 Å². The number of rotatable bonds is 5. The number of fused-ring (bicyclic) bond motifs is 1. The molecular formula is C24H31NO5. The Bertz CT molecular complexity index is 880. The Morgan fingerprint density at radius 3 is 2.87 bits per heavy atom. The van der Waals surface area contributed by atoms with Crippen molar-refractivity contribution in [1.82, 2.24) is 4.90 Å². The first-order valence-corrected chi connectivity index (χ1v) is 11.3. The molecule has 6 nitrogen and oxygen atoms in total. The van der Waals surface area contributed by atoms with Crippen LogP contribution in [0.3, 0.4) is 0 Å².